The van der Waals surface area contributed by atoms with Crippen LogP contribution in [0.2, 0.25) is 0 Å². The number of benzene rings is 1. The second kappa shape index (κ2) is 10.0. The Bertz CT molecular complexity index is 799. The van der Waals surface area contributed by atoms with Crippen LogP contribution in [-0.4, -0.2) is 41.7 Å². The molecule has 0 spiro atoms. The van der Waals surface area contributed by atoms with Gasteiger partial charge in [-0.3, -0.25) is 4.98 Å². The minimum Gasteiger partial charge on any atom is -0.376 e. The maximum atomic E-state index is 12.8. The van der Waals surface area contributed by atoms with Crippen molar-refractivity contribution >= 4 is 12.1 Å². The molecular formula is C23H29N3O2. The van der Waals surface area contributed by atoms with Crippen molar-refractivity contribution in [3.05, 3.63) is 71.1 Å². The lowest BCUT2D eigenvalue weighted by atomic mass is 10.1. The molecule has 5 heteroatoms. The average Bonchev–Trinajstić information content (AvgIpc) is 3.20. The number of urea groups is 1. The van der Waals surface area contributed by atoms with Crippen molar-refractivity contribution in [1.29, 1.82) is 0 Å². The lowest BCUT2D eigenvalue weighted by Crippen LogP contribution is -2.43. The molecule has 0 radical (unpaired) electrons. The Balaban J connectivity index is 1.61. The standard InChI is InChI=1S/C23H29N3O2/c1-18-14-19(2)24-15-21(18)16-25-23(27)26(17-22-11-7-13-28-22)12-6-10-20-8-4-3-5-9-20/h3-6,8-10,14-15,22H,7,11-13,16-17H2,1-2H3,(H,25,27)/b10-6+/t22-/m1/s1. The van der Waals surface area contributed by atoms with E-state index in [1.807, 2.05) is 73.5 Å². The largest absolute Gasteiger partial charge is 0.376 e. The quantitative estimate of drug-likeness (QED) is 0.788. The molecule has 2 amide bonds. The maximum absolute atomic E-state index is 12.8. The van der Waals surface area contributed by atoms with E-state index in [4.69, 9.17) is 4.74 Å². The molecule has 1 saturated heterocycles. The van der Waals surface area contributed by atoms with Crippen LogP contribution in [0.1, 0.15) is 35.2 Å². The highest BCUT2D eigenvalue weighted by atomic mass is 16.5. The van der Waals surface area contributed by atoms with E-state index in [2.05, 4.69) is 10.3 Å². The first-order valence-electron chi connectivity index (χ1n) is 9.90. The van der Waals surface area contributed by atoms with E-state index in [1.165, 1.54) is 0 Å². The molecule has 0 saturated carbocycles. The number of hydrogen-bond acceptors (Lipinski definition) is 3. The van der Waals surface area contributed by atoms with Crippen molar-refractivity contribution in [3.8, 4) is 0 Å². The summed E-state index contributed by atoms with van der Waals surface area (Å²) in [4.78, 5) is 19.0. The number of aromatic nitrogens is 1. The normalized spacial score (nSPS) is 16.4. The van der Waals surface area contributed by atoms with E-state index < -0.39 is 0 Å². The lowest BCUT2D eigenvalue weighted by molar-refractivity contribution is 0.0841. The van der Waals surface area contributed by atoms with Gasteiger partial charge in [-0.25, -0.2) is 4.79 Å². The van der Waals surface area contributed by atoms with Crippen LogP contribution in [-0.2, 0) is 11.3 Å². The molecule has 3 rings (SSSR count). The minimum absolute atomic E-state index is 0.0758. The summed E-state index contributed by atoms with van der Waals surface area (Å²) < 4.78 is 5.74. The molecule has 0 unspecified atom stereocenters. The van der Waals surface area contributed by atoms with Crippen LogP contribution < -0.4 is 5.32 Å². The molecule has 2 heterocycles. The summed E-state index contributed by atoms with van der Waals surface area (Å²) in [7, 11) is 0. The third-order valence-electron chi connectivity index (χ3n) is 4.96. The monoisotopic (exact) mass is 379 g/mol. The zero-order valence-electron chi connectivity index (χ0n) is 16.7. The molecule has 2 aromatic rings. The van der Waals surface area contributed by atoms with Crippen LogP contribution in [0.25, 0.3) is 6.08 Å². The molecule has 1 aromatic carbocycles. The topological polar surface area (TPSA) is 54.5 Å². The van der Waals surface area contributed by atoms with Gasteiger partial charge in [0.1, 0.15) is 0 Å². The van der Waals surface area contributed by atoms with E-state index >= 15 is 0 Å². The first-order valence-corrected chi connectivity index (χ1v) is 9.90. The molecule has 28 heavy (non-hydrogen) atoms. The van der Waals surface area contributed by atoms with E-state index in [9.17, 15) is 4.79 Å². The number of aryl methyl sites for hydroxylation is 2. The van der Waals surface area contributed by atoms with E-state index in [-0.39, 0.29) is 12.1 Å². The van der Waals surface area contributed by atoms with Gasteiger partial charge >= 0.3 is 6.03 Å². The molecule has 1 N–H and O–H groups in total. The van der Waals surface area contributed by atoms with Crippen LogP contribution in [0.5, 0.6) is 0 Å². The molecule has 0 aliphatic carbocycles. The van der Waals surface area contributed by atoms with E-state index in [0.717, 1.165) is 41.8 Å². The first-order chi connectivity index (χ1) is 13.6. The number of carbonyl (C=O) groups is 1. The lowest BCUT2D eigenvalue weighted by Gasteiger charge is -2.25. The van der Waals surface area contributed by atoms with Gasteiger partial charge in [0.15, 0.2) is 0 Å². The minimum atomic E-state index is -0.0758. The molecule has 5 nitrogen and oxygen atoms in total. The second-order valence-corrected chi connectivity index (χ2v) is 7.26. The molecule has 1 fully saturated rings. The predicted octanol–water partition coefficient (Wildman–Crippen LogP) is 4.10. The Morgan fingerprint density at radius 1 is 1.32 bits per heavy atom. The van der Waals surface area contributed by atoms with E-state index in [1.54, 1.807) is 0 Å². The fraction of sp³-hybridized carbons (Fsp3) is 0.391. The number of carbonyl (C=O) groups excluding carboxylic acids is 1. The van der Waals surface area contributed by atoms with Crippen molar-refractivity contribution in [3.63, 3.8) is 0 Å². The highest BCUT2D eigenvalue weighted by molar-refractivity contribution is 5.74. The Morgan fingerprint density at radius 2 is 2.14 bits per heavy atom. The van der Waals surface area contributed by atoms with Crippen molar-refractivity contribution in [2.24, 2.45) is 0 Å². The van der Waals surface area contributed by atoms with Gasteiger partial charge < -0.3 is 15.0 Å². The fourth-order valence-corrected chi connectivity index (χ4v) is 3.35. The third-order valence-corrected chi connectivity index (χ3v) is 4.96. The highest BCUT2D eigenvalue weighted by Gasteiger charge is 2.22. The summed E-state index contributed by atoms with van der Waals surface area (Å²) in [6.45, 7) is 6.43. The number of rotatable bonds is 7. The number of nitrogens with one attached hydrogen (secondary N) is 1. The molecule has 0 bridgehead atoms. The molecule has 1 aromatic heterocycles. The van der Waals surface area contributed by atoms with Crippen LogP contribution >= 0.6 is 0 Å². The fourth-order valence-electron chi connectivity index (χ4n) is 3.35. The van der Waals surface area contributed by atoms with Gasteiger partial charge in [-0.15, -0.1) is 0 Å². The smallest absolute Gasteiger partial charge is 0.318 e. The number of nitrogens with zero attached hydrogens (tertiary/aromatic N) is 2. The Labute approximate surface area is 167 Å². The molecule has 1 aliphatic heterocycles. The van der Waals surface area contributed by atoms with Gasteiger partial charge in [0.05, 0.1) is 6.10 Å². The zero-order valence-corrected chi connectivity index (χ0v) is 16.7. The van der Waals surface area contributed by atoms with Crippen LogP contribution in [0.15, 0.2) is 48.7 Å². The Kier molecular flexibility index (Phi) is 7.20. The zero-order chi connectivity index (χ0) is 19.8. The van der Waals surface area contributed by atoms with Crippen molar-refractivity contribution in [1.82, 2.24) is 15.2 Å². The Hall–Kier alpha value is -2.66. The highest BCUT2D eigenvalue weighted by Crippen LogP contribution is 2.14. The predicted molar refractivity (Wildman–Crippen MR) is 112 cm³/mol. The average molecular weight is 380 g/mol. The van der Waals surface area contributed by atoms with E-state index in [0.29, 0.717) is 19.6 Å². The number of pyridine rings is 1. The SMILES string of the molecule is Cc1cc(C)c(CNC(=O)N(C/C=C/c2ccccc2)C[C@H]2CCCO2)cn1. The third kappa shape index (κ3) is 5.92. The summed E-state index contributed by atoms with van der Waals surface area (Å²) in [5.74, 6) is 0. The molecule has 1 aliphatic rings. The van der Waals surface area contributed by atoms with Crippen LogP contribution in [0.3, 0.4) is 0 Å². The summed E-state index contributed by atoms with van der Waals surface area (Å²) in [6.07, 6.45) is 8.11. The van der Waals surface area contributed by atoms with Crippen LogP contribution in [0.4, 0.5) is 4.79 Å². The van der Waals surface area contributed by atoms with Gasteiger partial charge in [0.2, 0.25) is 0 Å². The summed E-state index contributed by atoms with van der Waals surface area (Å²) in [5, 5.41) is 3.04. The van der Waals surface area contributed by atoms with Gasteiger partial charge in [0, 0.05) is 38.1 Å². The van der Waals surface area contributed by atoms with Crippen molar-refractivity contribution in [2.75, 3.05) is 19.7 Å². The van der Waals surface area contributed by atoms with Crippen molar-refractivity contribution in [2.45, 2.75) is 39.3 Å². The van der Waals surface area contributed by atoms with Gasteiger partial charge in [-0.05, 0) is 49.4 Å². The molecular weight excluding hydrogens is 350 g/mol. The van der Waals surface area contributed by atoms with Gasteiger partial charge in [0.25, 0.3) is 0 Å². The van der Waals surface area contributed by atoms with Crippen LogP contribution in [0, 0.1) is 13.8 Å². The maximum Gasteiger partial charge on any atom is 0.318 e. The number of amides is 2. The summed E-state index contributed by atoms with van der Waals surface area (Å²) >= 11 is 0. The second-order valence-electron chi connectivity index (χ2n) is 7.26. The van der Waals surface area contributed by atoms with Crippen molar-refractivity contribution < 1.29 is 9.53 Å². The molecule has 1 atom stereocenters. The Morgan fingerprint density at radius 3 is 2.86 bits per heavy atom. The first kappa shape index (κ1) is 20.1. The number of ether oxygens (including phenoxy) is 1. The van der Waals surface area contributed by atoms with Gasteiger partial charge in [-0.1, -0.05) is 42.5 Å². The van der Waals surface area contributed by atoms with Gasteiger partial charge in [-0.2, -0.15) is 0 Å². The molecule has 148 valence electrons. The summed E-state index contributed by atoms with van der Waals surface area (Å²) in [5.41, 5.74) is 4.29. The summed E-state index contributed by atoms with van der Waals surface area (Å²) in [6, 6.07) is 12.1. The number of hydrogen-bond donors (Lipinski definition) is 1.